The summed E-state index contributed by atoms with van der Waals surface area (Å²) in [5.41, 5.74) is 2.34. The lowest BCUT2D eigenvalue weighted by Crippen LogP contribution is -2.42. The van der Waals surface area contributed by atoms with Crippen molar-refractivity contribution in [3.63, 3.8) is 0 Å². The molecule has 25 heavy (non-hydrogen) atoms. The highest BCUT2D eigenvalue weighted by Crippen LogP contribution is 2.14. The Morgan fingerprint density at radius 3 is 2.40 bits per heavy atom. The fraction of sp³-hybridized carbons (Fsp3) is 0.611. The minimum atomic E-state index is -2.97. The Hall–Kier alpha value is -1.60. The molecule has 2 heterocycles. The lowest BCUT2D eigenvalue weighted by atomic mass is 10.1. The first-order valence-corrected chi connectivity index (χ1v) is 10.9. The Kier molecular flexibility index (Phi) is 5.96. The molecule has 6 nitrogen and oxygen atoms in total. The maximum Gasteiger partial charge on any atom is 0.315 e. The van der Waals surface area contributed by atoms with Crippen LogP contribution in [0.15, 0.2) is 24.3 Å². The smallest absolute Gasteiger partial charge is 0.315 e. The largest absolute Gasteiger partial charge is 0.334 e. The highest BCUT2D eigenvalue weighted by atomic mass is 32.2. The van der Waals surface area contributed by atoms with Crippen LogP contribution in [0.2, 0.25) is 0 Å². The first-order valence-electron chi connectivity index (χ1n) is 9.05. The number of carbonyl (C=O) groups is 1. The number of hydrogen-bond donors (Lipinski definition) is 2. The van der Waals surface area contributed by atoms with E-state index in [2.05, 4.69) is 27.7 Å². The van der Waals surface area contributed by atoms with Crippen molar-refractivity contribution in [2.75, 3.05) is 24.6 Å². The van der Waals surface area contributed by atoms with Crippen molar-refractivity contribution in [1.29, 1.82) is 0 Å². The fourth-order valence-corrected chi connectivity index (χ4v) is 5.14. The van der Waals surface area contributed by atoms with Gasteiger partial charge in [0.2, 0.25) is 0 Å². The van der Waals surface area contributed by atoms with E-state index >= 15 is 0 Å². The lowest BCUT2D eigenvalue weighted by molar-refractivity contribution is 0.221. The van der Waals surface area contributed by atoms with E-state index in [1.165, 1.54) is 37.9 Å². The highest BCUT2D eigenvalue weighted by Gasteiger charge is 2.28. The van der Waals surface area contributed by atoms with Crippen LogP contribution in [-0.4, -0.2) is 50.0 Å². The summed E-state index contributed by atoms with van der Waals surface area (Å²) in [6, 6.07) is 7.75. The molecule has 138 valence electrons. The molecule has 0 unspecified atom stereocenters. The zero-order chi connectivity index (χ0) is 17.7. The number of rotatable bonds is 5. The zero-order valence-corrected chi connectivity index (χ0v) is 15.4. The van der Waals surface area contributed by atoms with Crippen LogP contribution in [0.3, 0.4) is 0 Å². The minimum Gasteiger partial charge on any atom is -0.334 e. The molecular weight excluding hydrogens is 338 g/mol. The van der Waals surface area contributed by atoms with Crippen molar-refractivity contribution in [2.24, 2.45) is 0 Å². The predicted octanol–water partition coefficient (Wildman–Crippen LogP) is 1.66. The average Bonchev–Trinajstić information content (AvgIpc) is 2.94. The van der Waals surface area contributed by atoms with E-state index in [1.807, 2.05) is 12.1 Å². The van der Waals surface area contributed by atoms with E-state index < -0.39 is 9.84 Å². The molecule has 2 aliphatic rings. The number of likely N-dealkylation sites (tertiary alicyclic amines) is 1. The molecule has 2 N–H and O–H groups in total. The van der Waals surface area contributed by atoms with Crippen LogP contribution in [0.5, 0.6) is 0 Å². The van der Waals surface area contributed by atoms with Crippen LogP contribution in [0, 0.1) is 0 Å². The minimum absolute atomic E-state index is 0.0472. The first-order chi connectivity index (χ1) is 12.0. The van der Waals surface area contributed by atoms with E-state index in [-0.39, 0.29) is 23.6 Å². The van der Waals surface area contributed by atoms with Gasteiger partial charge in [0.15, 0.2) is 9.84 Å². The molecule has 2 amide bonds. The maximum absolute atomic E-state index is 11.9. The molecular formula is C18H27N3O3S. The van der Waals surface area contributed by atoms with Gasteiger partial charge in [-0.15, -0.1) is 0 Å². The van der Waals surface area contributed by atoms with Gasteiger partial charge in [0.1, 0.15) is 0 Å². The highest BCUT2D eigenvalue weighted by molar-refractivity contribution is 7.91. The molecule has 2 saturated heterocycles. The van der Waals surface area contributed by atoms with Crippen molar-refractivity contribution in [3.05, 3.63) is 35.4 Å². The lowest BCUT2D eigenvalue weighted by Gasteiger charge is -2.26. The number of hydrogen-bond acceptors (Lipinski definition) is 4. The van der Waals surface area contributed by atoms with Crippen molar-refractivity contribution in [2.45, 2.75) is 44.8 Å². The molecule has 0 radical (unpaired) electrons. The van der Waals surface area contributed by atoms with Crippen LogP contribution in [-0.2, 0) is 22.9 Å². The summed E-state index contributed by atoms with van der Waals surface area (Å²) < 4.78 is 22.8. The second-order valence-electron chi connectivity index (χ2n) is 7.08. The van der Waals surface area contributed by atoms with Crippen LogP contribution in [0.4, 0.5) is 4.79 Å². The Bertz CT molecular complexity index is 682. The quantitative estimate of drug-likeness (QED) is 0.832. The SMILES string of the molecule is O=C(NCc1ccc(CN2CCCCC2)cc1)N[C@H]1CCS(=O)(=O)C1. The van der Waals surface area contributed by atoms with Crippen LogP contribution >= 0.6 is 0 Å². The summed E-state index contributed by atoms with van der Waals surface area (Å²) in [7, 11) is -2.97. The number of piperidine rings is 1. The summed E-state index contributed by atoms with van der Waals surface area (Å²) in [4.78, 5) is 14.4. The molecule has 3 rings (SSSR count). The van der Waals surface area contributed by atoms with Gasteiger partial charge in [-0.2, -0.15) is 0 Å². The first kappa shape index (κ1) is 18.2. The Morgan fingerprint density at radius 2 is 1.76 bits per heavy atom. The van der Waals surface area contributed by atoms with Crippen molar-refractivity contribution in [1.82, 2.24) is 15.5 Å². The predicted molar refractivity (Wildman–Crippen MR) is 98.0 cm³/mol. The van der Waals surface area contributed by atoms with Gasteiger partial charge in [-0.1, -0.05) is 30.7 Å². The molecule has 0 aliphatic carbocycles. The van der Waals surface area contributed by atoms with E-state index in [4.69, 9.17) is 0 Å². The molecule has 0 saturated carbocycles. The molecule has 1 atom stereocenters. The third-order valence-corrected chi connectivity index (χ3v) is 6.67. The monoisotopic (exact) mass is 365 g/mol. The number of benzene rings is 1. The topological polar surface area (TPSA) is 78.5 Å². The van der Waals surface area contributed by atoms with Crippen LogP contribution < -0.4 is 10.6 Å². The number of carbonyl (C=O) groups excluding carboxylic acids is 1. The Labute approximate surface area is 149 Å². The zero-order valence-electron chi connectivity index (χ0n) is 14.5. The summed E-state index contributed by atoms with van der Waals surface area (Å²) in [5.74, 6) is 0.210. The third kappa shape index (κ3) is 5.71. The summed E-state index contributed by atoms with van der Waals surface area (Å²) in [6.45, 7) is 3.79. The molecule has 7 heteroatoms. The average molecular weight is 365 g/mol. The number of amides is 2. The molecule has 2 fully saturated rings. The van der Waals surface area contributed by atoms with Gasteiger partial charge in [0.05, 0.1) is 11.5 Å². The standard InChI is InChI=1S/C18H27N3O3S/c22-18(20-17-8-11-25(23,24)14-17)19-12-15-4-6-16(7-5-15)13-21-9-2-1-3-10-21/h4-7,17H,1-3,8-14H2,(H2,19,20,22)/t17-/m0/s1. The van der Waals surface area contributed by atoms with Gasteiger partial charge < -0.3 is 10.6 Å². The Morgan fingerprint density at radius 1 is 1.08 bits per heavy atom. The van der Waals surface area contributed by atoms with Crippen molar-refractivity contribution >= 4 is 15.9 Å². The summed E-state index contributed by atoms with van der Waals surface area (Å²) in [6.07, 6.45) is 4.43. The van der Waals surface area contributed by atoms with Gasteiger partial charge in [0.25, 0.3) is 0 Å². The number of urea groups is 1. The van der Waals surface area contributed by atoms with Gasteiger partial charge in [0, 0.05) is 19.1 Å². The van der Waals surface area contributed by atoms with Crippen molar-refractivity contribution < 1.29 is 13.2 Å². The van der Waals surface area contributed by atoms with E-state index in [1.54, 1.807) is 0 Å². The van der Waals surface area contributed by atoms with Gasteiger partial charge in [-0.25, -0.2) is 13.2 Å². The molecule has 0 spiro atoms. The maximum atomic E-state index is 11.9. The van der Waals surface area contributed by atoms with Gasteiger partial charge >= 0.3 is 6.03 Å². The van der Waals surface area contributed by atoms with Gasteiger partial charge in [-0.05, 0) is 43.5 Å². The number of nitrogens with zero attached hydrogens (tertiary/aromatic N) is 1. The van der Waals surface area contributed by atoms with E-state index in [0.29, 0.717) is 13.0 Å². The second kappa shape index (κ2) is 8.19. The number of sulfone groups is 1. The summed E-state index contributed by atoms with van der Waals surface area (Å²) in [5, 5.41) is 5.53. The van der Waals surface area contributed by atoms with Gasteiger partial charge in [-0.3, -0.25) is 4.90 Å². The van der Waals surface area contributed by atoms with E-state index in [9.17, 15) is 13.2 Å². The Balaban J connectivity index is 1.41. The molecule has 0 bridgehead atoms. The fourth-order valence-electron chi connectivity index (χ4n) is 3.47. The third-order valence-electron chi connectivity index (χ3n) is 4.90. The molecule has 0 aromatic heterocycles. The number of nitrogens with one attached hydrogen (secondary N) is 2. The van der Waals surface area contributed by atoms with Crippen LogP contribution in [0.25, 0.3) is 0 Å². The second-order valence-corrected chi connectivity index (χ2v) is 9.31. The molecule has 2 aliphatic heterocycles. The van der Waals surface area contributed by atoms with Crippen LogP contribution in [0.1, 0.15) is 36.8 Å². The van der Waals surface area contributed by atoms with Crippen molar-refractivity contribution in [3.8, 4) is 0 Å². The summed E-state index contributed by atoms with van der Waals surface area (Å²) >= 11 is 0. The normalized spacial score (nSPS) is 23.3. The van der Waals surface area contributed by atoms with E-state index in [0.717, 1.165) is 12.1 Å². The molecule has 1 aromatic rings. The molecule has 1 aromatic carbocycles.